The molecule has 4 atom stereocenters. The largest absolute Gasteiger partial charge is 0.480 e. The van der Waals surface area contributed by atoms with Crippen molar-refractivity contribution in [3.05, 3.63) is 122 Å². The maximum atomic E-state index is 12.6. The molecule has 342 valence electrons. The van der Waals surface area contributed by atoms with E-state index in [1.807, 2.05) is 73.8 Å². The van der Waals surface area contributed by atoms with Gasteiger partial charge in [-0.25, -0.2) is 4.57 Å². The second-order valence-electron chi connectivity index (χ2n) is 13.9. The van der Waals surface area contributed by atoms with Crippen LogP contribution in [0.1, 0.15) is 123 Å². The number of carbonyl (C=O) groups is 3. The van der Waals surface area contributed by atoms with E-state index in [1.165, 1.54) is 19.3 Å². The number of ether oxygens (including phenoxy) is 2. The number of carbonyl (C=O) groups excluding carboxylic acids is 2. The van der Waals surface area contributed by atoms with Crippen LogP contribution in [0, 0.1) is 0 Å². The van der Waals surface area contributed by atoms with Crippen LogP contribution in [0.4, 0.5) is 0 Å². The highest BCUT2D eigenvalue weighted by Crippen LogP contribution is 2.43. The minimum atomic E-state index is -4.77. The Hall–Kier alpha value is -4.16. The summed E-state index contributed by atoms with van der Waals surface area (Å²) in [4.78, 5) is 45.9. The van der Waals surface area contributed by atoms with E-state index < -0.39 is 63.8 Å². The van der Waals surface area contributed by atoms with E-state index in [-0.39, 0.29) is 12.8 Å². The molecule has 12 nitrogen and oxygen atoms in total. The average Bonchev–Trinajstić information content (AvgIpc) is 3.23. The van der Waals surface area contributed by atoms with E-state index in [9.17, 15) is 28.9 Å². The summed E-state index contributed by atoms with van der Waals surface area (Å²) < 4.78 is 32.5. The number of phosphoric ester groups is 1. The lowest BCUT2D eigenvalue weighted by Crippen LogP contribution is -2.34. The van der Waals surface area contributed by atoms with Crippen molar-refractivity contribution in [3.63, 3.8) is 0 Å². The van der Waals surface area contributed by atoms with Gasteiger partial charge in [0.25, 0.3) is 0 Å². The first kappa shape index (κ1) is 56.8. The first-order chi connectivity index (χ1) is 29.5. The lowest BCUT2D eigenvalue weighted by molar-refractivity contribution is -0.161. The van der Waals surface area contributed by atoms with Gasteiger partial charge in [0.15, 0.2) is 6.10 Å². The van der Waals surface area contributed by atoms with Gasteiger partial charge in [0.1, 0.15) is 12.6 Å². The van der Waals surface area contributed by atoms with E-state index in [0.717, 1.165) is 44.9 Å². The number of carboxylic acid groups (broad SMARTS) is 1. The number of nitrogens with two attached hydrogens (primary N) is 1. The number of esters is 2. The van der Waals surface area contributed by atoms with Crippen LogP contribution in [-0.2, 0) is 37.5 Å². The molecule has 2 unspecified atom stereocenters. The third kappa shape index (κ3) is 41.0. The van der Waals surface area contributed by atoms with Gasteiger partial charge >= 0.3 is 25.7 Å². The Morgan fingerprint density at radius 3 is 1.67 bits per heavy atom. The van der Waals surface area contributed by atoms with E-state index >= 15 is 0 Å². The highest BCUT2D eigenvalue weighted by Gasteiger charge is 2.28. The Balaban J connectivity index is 4.64. The highest BCUT2D eigenvalue weighted by atomic mass is 31.2. The van der Waals surface area contributed by atoms with Crippen LogP contribution in [-0.4, -0.2) is 71.1 Å². The summed E-state index contributed by atoms with van der Waals surface area (Å²) >= 11 is 0. The number of aliphatic hydroxyl groups is 1. The molecule has 5 N–H and O–H groups in total. The number of phosphoric acid groups is 1. The number of carboxylic acids is 1. The Morgan fingerprint density at radius 1 is 0.607 bits per heavy atom. The molecule has 0 aliphatic carbocycles. The van der Waals surface area contributed by atoms with Gasteiger partial charge in [-0.1, -0.05) is 148 Å². The summed E-state index contributed by atoms with van der Waals surface area (Å²) in [5, 5.41) is 18.6. The summed E-state index contributed by atoms with van der Waals surface area (Å²) in [5.41, 5.74) is 5.32. The molecule has 0 aliphatic rings. The Bertz CT molecular complexity index is 1510. The molecule has 0 aromatic carbocycles. The fraction of sp³-hybridized carbons (Fsp3) is 0.521. The minimum Gasteiger partial charge on any atom is -0.480 e. The third-order valence-corrected chi connectivity index (χ3v) is 9.23. The molecule has 0 saturated heterocycles. The van der Waals surface area contributed by atoms with Crippen LogP contribution in [0.25, 0.3) is 0 Å². The summed E-state index contributed by atoms with van der Waals surface area (Å²) in [5.74, 6) is -2.61. The monoisotopic (exact) mass is 871 g/mol. The van der Waals surface area contributed by atoms with E-state index in [2.05, 4.69) is 60.1 Å². The topological polar surface area (TPSA) is 192 Å². The van der Waals surface area contributed by atoms with Gasteiger partial charge in [-0.05, 0) is 83.5 Å². The fourth-order valence-corrected chi connectivity index (χ4v) is 5.64. The lowest BCUT2D eigenvalue weighted by atomic mass is 10.2. The molecule has 0 aromatic heterocycles. The quantitative estimate of drug-likeness (QED) is 0.0151. The van der Waals surface area contributed by atoms with E-state index in [1.54, 1.807) is 6.08 Å². The zero-order chi connectivity index (χ0) is 45.1. The Morgan fingerprint density at radius 2 is 1.11 bits per heavy atom. The molecule has 0 heterocycles. The van der Waals surface area contributed by atoms with Crippen molar-refractivity contribution in [2.75, 3.05) is 19.8 Å². The molecule has 0 bridgehead atoms. The van der Waals surface area contributed by atoms with Crippen molar-refractivity contribution in [2.45, 2.75) is 141 Å². The molecule has 0 aliphatic heterocycles. The molecule has 13 heteroatoms. The molecule has 0 aromatic rings. The van der Waals surface area contributed by atoms with Crippen LogP contribution in [0.2, 0.25) is 0 Å². The molecule has 0 saturated carbocycles. The molecule has 0 spiro atoms. The zero-order valence-electron chi connectivity index (χ0n) is 36.6. The smallest absolute Gasteiger partial charge is 0.472 e. The predicted molar refractivity (Wildman–Crippen MR) is 245 cm³/mol. The number of aliphatic carboxylic acids is 1. The molecule has 61 heavy (non-hydrogen) atoms. The normalized spacial score (nSPS) is 15.4. The van der Waals surface area contributed by atoms with Gasteiger partial charge in [0.2, 0.25) is 0 Å². The maximum absolute atomic E-state index is 12.6. The van der Waals surface area contributed by atoms with Gasteiger partial charge < -0.3 is 30.3 Å². The fourth-order valence-electron chi connectivity index (χ4n) is 4.87. The van der Waals surface area contributed by atoms with Crippen LogP contribution in [0.15, 0.2) is 122 Å². The van der Waals surface area contributed by atoms with Crippen molar-refractivity contribution in [2.24, 2.45) is 5.73 Å². The van der Waals surface area contributed by atoms with Crippen LogP contribution in [0.3, 0.4) is 0 Å². The molecular weight excluding hydrogens is 797 g/mol. The highest BCUT2D eigenvalue weighted by molar-refractivity contribution is 7.47. The summed E-state index contributed by atoms with van der Waals surface area (Å²) in [7, 11) is -4.77. The predicted octanol–water partition coefficient (Wildman–Crippen LogP) is 10.6. The Labute approximate surface area is 365 Å². The number of aliphatic hydroxyl groups excluding tert-OH is 1. The van der Waals surface area contributed by atoms with Crippen molar-refractivity contribution < 1.29 is 52.6 Å². The van der Waals surface area contributed by atoms with Gasteiger partial charge in [-0.15, -0.1) is 0 Å². The maximum Gasteiger partial charge on any atom is 0.472 e. The van der Waals surface area contributed by atoms with E-state index in [4.69, 9.17) is 24.8 Å². The van der Waals surface area contributed by atoms with Crippen molar-refractivity contribution >= 4 is 25.7 Å². The summed E-state index contributed by atoms with van der Waals surface area (Å²) in [6.07, 6.45) is 52.0. The Kier molecular flexibility index (Phi) is 38.4. The number of hydrogen-bond acceptors (Lipinski definition) is 10. The molecule has 0 fully saturated rings. The molecule has 0 rings (SSSR count). The number of rotatable bonds is 38. The first-order valence-corrected chi connectivity index (χ1v) is 23.2. The van der Waals surface area contributed by atoms with Crippen LogP contribution >= 0.6 is 7.82 Å². The van der Waals surface area contributed by atoms with Gasteiger partial charge in [-0.2, -0.15) is 0 Å². The summed E-state index contributed by atoms with van der Waals surface area (Å²) in [6.45, 7) is 2.37. The number of hydrogen-bond donors (Lipinski definition) is 4. The van der Waals surface area contributed by atoms with Gasteiger partial charge in [0.05, 0.1) is 19.3 Å². The summed E-state index contributed by atoms with van der Waals surface area (Å²) in [6, 6.07) is -1.55. The van der Waals surface area contributed by atoms with Crippen molar-refractivity contribution in [1.82, 2.24) is 0 Å². The van der Waals surface area contributed by atoms with Crippen LogP contribution in [0.5, 0.6) is 0 Å². The minimum absolute atomic E-state index is 0.00901. The zero-order valence-corrected chi connectivity index (χ0v) is 37.4. The van der Waals surface area contributed by atoms with Crippen molar-refractivity contribution in [1.29, 1.82) is 0 Å². The van der Waals surface area contributed by atoms with Crippen molar-refractivity contribution in [3.8, 4) is 0 Å². The standard InChI is InChI=1S/C48H74NO11P/c1-3-5-7-8-9-10-11-12-13-14-15-16-17-18-23-26-29-32-35-39-47(52)60-44(41-58-61(55,56)59-42-45(49)48(53)54)40-57-46(51)38-34-31-28-25-22-20-19-21-24-27-30-33-37-43(50)36-6-4-2/h6,9-10,12-13,15-16,18-20,23-25,27-30,32-33,36,43-45,50H,3-5,7-8,11,14,17,21-22,26,31,34-35,37-42,49H2,1-2H3,(H,53,54)(H,55,56)/b10-9-,13-12-,16-15-,20-19-,23-18-,27-24-,28-25-,32-29-,33-30+,36-6-/t43?,44-,45+/m1/s1. The lowest BCUT2D eigenvalue weighted by Gasteiger charge is -2.20. The molecule has 0 amide bonds. The first-order valence-electron chi connectivity index (χ1n) is 21.7. The van der Waals surface area contributed by atoms with E-state index in [0.29, 0.717) is 32.1 Å². The average molecular weight is 872 g/mol. The van der Waals surface area contributed by atoms with Crippen LogP contribution < -0.4 is 5.73 Å². The SMILES string of the molecule is CC/C=C\C(O)C/C=C/C=C\C/C=C\C/C=C\CCCC(=O)OC[C@H](COP(=O)(O)OC[C@H](N)C(=O)O)OC(=O)CC/C=C\C/C=C\C/C=C\C/C=C\C/C=C\CCCCC. The number of allylic oxidation sites excluding steroid dienone is 18. The third-order valence-electron chi connectivity index (χ3n) is 8.28. The van der Waals surface area contributed by atoms with Gasteiger partial charge in [0, 0.05) is 12.8 Å². The van der Waals surface area contributed by atoms with Gasteiger partial charge in [-0.3, -0.25) is 23.4 Å². The number of unbranched alkanes of at least 4 members (excludes halogenated alkanes) is 4. The molecular formula is C48H74NO11P. The second kappa shape index (κ2) is 41.2. The second-order valence-corrected chi connectivity index (χ2v) is 15.4. The molecule has 0 radical (unpaired) electrons.